The molecule has 0 aliphatic carbocycles. The van der Waals surface area contributed by atoms with E-state index in [9.17, 15) is 14.9 Å². The number of ketones is 1. The van der Waals surface area contributed by atoms with E-state index in [1.165, 1.54) is 6.20 Å². The number of Topliss-reactive ketones (excluding diaryl/α,β-unsaturated/α-hetero) is 1. The molecule has 1 aromatic carbocycles. The first-order valence-electron chi connectivity index (χ1n) is 10.2. The largest absolute Gasteiger partial charge is 0.341 e. The zero-order valence-corrected chi connectivity index (χ0v) is 17.8. The Kier molecular flexibility index (Phi) is 5.96. The highest BCUT2D eigenvalue weighted by molar-refractivity contribution is 6.33. The molecule has 1 atom stereocenters. The minimum absolute atomic E-state index is 0.0279. The summed E-state index contributed by atoms with van der Waals surface area (Å²) in [5.41, 5.74) is 0.871. The molecule has 3 heterocycles. The van der Waals surface area contributed by atoms with Crippen molar-refractivity contribution in [2.75, 3.05) is 18.0 Å². The lowest BCUT2D eigenvalue weighted by Gasteiger charge is -2.20. The van der Waals surface area contributed by atoms with E-state index in [4.69, 9.17) is 11.6 Å². The molecule has 0 amide bonds. The molecule has 4 rings (SSSR count). The Morgan fingerprint density at radius 1 is 1.23 bits per heavy atom. The Morgan fingerprint density at radius 2 is 1.97 bits per heavy atom. The second-order valence-electron chi connectivity index (χ2n) is 7.67. The average Bonchev–Trinajstić information content (AvgIpc) is 3.05. The number of aryl methyl sites for hydroxylation is 1. The number of anilines is 1. The number of nitrogens with one attached hydrogen (secondary N) is 1. The predicted octanol–water partition coefficient (Wildman–Crippen LogP) is 3.55. The maximum Gasteiger partial charge on any atom is 0.258 e. The number of nitriles is 1. The van der Waals surface area contributed by atoms with Gasteiger partial charge in [-0.15, -0.1) is 0 Å². The molecule has 0 spiro atoms. The van der Waals surface area contributed by atoms with Crippen molar-refractivity contribution in [3.8, 4) is 6.07 Å². The maximum absolute atomic E-state index is 13.2. The molecular formula is C22H21ClN6O2. The molecule has 31 heavy (non-hydrogen) atoms. The molecule has 8 nitrogen and oxygen atoms in total. The third-order valence-corrected chi connectivity index (χ3v) is 5.67. The Hall–Kier alpha value is -3.31. The Labute approximate surface area is 183 Å². The number of benzene rings is 1. The standard InChI is InChI=1S/C22H21ClN6O2/c1-13-6-7-17-14(10-13)21(31)28-20(26-17)15(11-24)19(30)18-16(23)12-25-22(27-18)29-8-4-2-3-5-9-29/h6-7,10,12,15H,2-5,8-9H2,1H3,(H,26,28,31). The molecule has 1 aliphatic heterocycles. The molecule has 1 saturated heterocycles. The van der Waals surface area contributed by atoms with Crippen molar-refractivity contribution in [1.82, 2.24) is 19.9 Å². The number of hydrogen-bond acceptors (Lipinski definition) is 7. The van der Waals surface area contributed by atoms with Gasteiger partial charge in [0.05, 0.1) is 28.2 Å². The summed E-state index contributed by atoms with van der Waals surface area (Å²) in [6.45, 7) is 3.47. The van der Waals surface area contributed by atoms with E-state index in [1.54, 1.807) is 12.1 Å². The summed E-state index contributed by atoms with van der Waals surface area (Å²) >= 11 is 6.23. The van der Waals surface area contributed by atoms with Gasteiger partial charge in [0.15, 0.2) is 5.92 Å². The third-order valence-electron chi connectivity index (χ3n) is 5.40. The number of nitrogens with zero attached hydrogens (tertiary/aromatic N) is 5. The minimum Gasteiger partial charge on any atom is -0.341 e. The number of fused-ring (bicyclic) bond motifs is 1. The highest BCUT2D eigenvalue weighted by atomic mass is 35.5. The smallest absolute Gasteiger partial charge is 0.258 e. The summed E-state index contributed by atoms with van der Waals surface area (Å²) in [6, 6.07) is 7.16. The van der Waals surface area contributed by atoms with Crippen molar-refractivity contribution in [2.24, 2.45) is 0 Å². The van der Waals surface area contributed by atoms with Crippen LogP contribution in [0, 0.1) is 18.3 Å². The fourth-order valence-corrected chi connectivity index (χ4v) is 3.93. The molecule has 1 aliphatic rings. The van der Waals surface area contributed by atoms with Crippen molar-refractivity contribution >= 4 is 34.2 Å². The molecule has 0 saturated carbocycles. The van der Waals surface area contributed by atoms with Gasteiger partial charge in [0.25, 0.3) is 5.56 Å². The van der Waals surface area contributed by atoms with E-state index < -0.39 is 17.3 Å². The van der Waals surface area contributed by atoms with Crippen LogP contribution in [-0.2, 0) is 0 Å². The first-order chi connectivity index (χ1) is 15.0. The van der Waals surface area contributed by atoms with Crippen LogP contribution in [0.1, 0.15) is 53.5 Å². The summed E-state index contributed by atoms with van der Waals surface area (Å²) in [5.74, 6) is -1.58. The second-order valence-corrected chi connectivity index (χ2v) is 8.07. The predicted molar refractivity (Wildman–Crippen MR) is 118 cm³/mol. The molecule has 3 aromatic rings. The lowest BCUT2D eigenvalue weighted by atomic mass is 10.0. The van der Waals surface area contributed by atoms with Gasteiger partial charge in [0.2, 0.25) is 11.7 Å². The number of hydrogen-bond donors (Lipinski definition) is 1. The van der Waals surface area contributed by atoms with Crippen LogP contribution in [0.15, 0.2) is 29.2 Å². The first kappa shape index (κ1) is 20.9. The molecule has 158 valence electrons. The number of carbonyl (C=O) groups is 1. The molecule has 1 fully saturated rings. The molecule has 9 heteroatoms. The fraction of sp³-hybridized carbons (Fsp3) is 0.364. The van der Waals surface area contributed by atoms with Gasteiger partial charge >= 0.3 is 0 Å². The van der Waals surface area contributed by atoms with Crippen LogP contribution in [0.25, 0.3) is 10.9 Å². The molecule has 2 aromatic heterocycles. The van der Waals surface area contributed by atoms with Crippen molar-refractivity contribution in [3.05, 3.63) is 56.9 Å². The number of aromatic nitrogens is 4. The fourth-order valence-electron chi connectivity index (χ4n) is 3.74. The normalized spacial score (nSPS) is 15.3. The zero-order valence-electron chi connectivity index (χ0n) is 17.1. The van der Waals surface area contributed by atoms with Gasteiger partial charge in [0, 0.05) is 13.1 Å². The summed E-state index contributed by atoms with van der Waals surface area (Å²) in [4.78, 5) is 43.4. The SMILES string of the molecule is Cc1ccc2nc(C(C#N)C(=O)c3nc(N4CCCCCC4)ncc3Cl)[nH]c(=O)c2c1. The quantitative estimate of drug-likeness (QED) is 0.621. The number of carbonyl (C=O) groups excluding carboxylic acids is 1. The second kappa shape index (κ2) is 8.82. The van der Waals surface area contributed by atoms with E-state index >= 15 is 0 Å². The molecular weight excluding hydrogens is 416 g/mol. The minimum atomic E-state index is -1.34. The van der Waals surface area contributed by atoms with Crippen molar-refractivity contribution in [1.29, 1.82) is 5.26 Å². The van der Waals surface area contributed by atoms with E-state index in [-0.39, 0.29) is 16.5 Å². The van der Waals surface area contributed by atoms with Crippen molar-refractivity contribution < 1.29 is 4.79 Å². The topological polar surface area (TPSA) is 116 Å². The highest BCUT2D eigenvalue weighted by Gasteiger charge is 2.29. The molecule has 1 N–H and O–H groups in total. The van der Waals surface area contributed by atoms with Crippen molar-refractivity contribution in [3.63, 3.8) is 0 Å². The van der Waals surface area contributed by atoms with Crippen LogP contribution in [0.3, 0.4) is 0 Å². The third kappa shape index (κ3) is 4.28. The first-order valence-corrected chi connectivity index (χ1v) is 10.6. The summed E-state index contributed by atoms with van der Waals surface area (Å²) in [7, 11) is 0. The number of aromatic amines is 1. The van der Waals surface area contributed by atoms with E-state index in [2.05, 4.69) is 19.9 Å². The van der Waals surface area contributed by atoms with E-state index in [1.807, 2.05) is 24.0 Å². The van der Waals surface area contributed by atoms with Crippen LogP contribution >= 0.6 is 11.6 Å². The summed E-state index contributed by atoms with van der Waals surface area (Å²) < 4.78 is 0. The average molecular weight is 437 g/mol. The van der Waals surface area contributed by atoms with Gasteiger partial charge in [-0.3, -0.25) is 9.59 Å². The number of H-pyrrole nitrogens is 1. The van der Waals surface area contributed by atoms with Gasteiger partial charge < -0.3 is 9.88 Å². The Morgan fingerprint density at radius 3 is 2.68 bits per heavy atom. The summed E-state index contributed by atoms with van der Waals surface area (Å²) in [5, 5.41) is 10.2. The van der Waals surface area contributed by atoms with E-state index in [0.29, 0.717) is 16.9 Å². The van der Waals surface area contributed by atoms with Crippen LogP contribution in [0.5, 0.6) is 0 Å². The van der Waals surface area contributed by atoms with Crippen LogP contribution in [0.4, 0.5) is 5.95 Å². The zero-order chi connectivity index (χ0) is 22.0. The molecule has 0 radical (unpaired) electrons. The van der Waals surface area contributed by atoms with Gasteiger partial charge in [-0.1, -0.05) is 36.1 Å². The monoisotopic (exact) mass is 436 g/mol. The highest BCUT2D eigenvalue weighted by Crippen LogP contribution is 2.25. The van der Waals surface area contributed by atoms with E-state index in [0.717, 1.165) is 44.3 Å². The number of halogens is 1. The Balaban J connectivity index is 1.72. The van der Waals surface area contributed by atoms with Gasteiger partial charge in [-0.05, 0) is 31.9 Å². The lowest BCUT2D eigenvalue weighted by Crippen LogP contribution is -2.27. The van der Waals surface area contributed by atoms with Gasteiger partial charge in [-0.25, -0.2) is 15.0 Å². The van der Waals surface area contributed by atoms with Gasteiger partial charge in [-0.2, -0.15) is 5.26 Å². The van der Waals surface area contributed by atoms with Crippen LogP contribution in [-0.4, -0.2) is 38.8 Å². The van der Waals surface area contributed by atoms with Gasteiger partial charge in [0.1, 0.15) is 11.5 Å². The maximum atomic E-state index is 13.2. The van der Waals surface area contributed by atoms with Crippen LogP contribution < -0.4 is 10.5 Å². The molecule has 0 bridgehead atoms. The lowest BCUT2D eigenvalue weighted by molar-refractivity contribution is 0.0971. The van der Waals surface area contributed by atoms with Crippen LogP contribution in [0.2, 0.25) is 5.02 Å². The molecule has 1 unspecified atom stereocenters. The number of rotatable bonds is 4. The van der Waals surface area contributed by atoms with Crippen molar-refractivity contribution in [2.45, 2.75) is 38.5 Å². The Bertz CT molecular complexity index is 1240. The summed E-state index contributed by atoms with van der Waals surface area (Å²) in [6.07, 6.45) is 5.73.